The first-order valence-corrected chi connectivity index (χ1v) is 2.35. The Bertz CT molecular complexity index is 60.2. The normalized spacial score (nSPS) is 7.38. The second-order valence-electron chi connectivity index (χ2n) is 0.513. The van der Waals surface area contributed by atoms with Gasteiger partial charge in [-0.2, -0.15) is 0 Å². The molecule has 0 radical (unpaired) electrons. The molecule has 8 heteroatoms. The van der Waals surface area contributed by atoms with Gasteiger partial charge in [0.15, 0.2) is 0 Å². The van der Waals surface area contributed by atoms with E-state index in [2.05, 4.69) is 0 Å². The van der Waals surface area contributed by atoms with Crippen molar-refractivity contribution in [3.05, 3.63) is 0 Å². The molecule has 8 heavy (non-hydrogen) atoms. The largest absolute Gasteiger partial charge is 0.466 e. The smallest absolute Gasteiger partial charge is 0.344 e. The molecule has 6 nitrogen and oxygen atoms in total. The lowest BCUT2D eigenvalue weighted by Crippen LogP contribution is -1.66. The molecule has 0 unspecified atom stereocenters. The zero-order valence-electron chi connectivity index (χ0n) is 3.61. The Kier molecular flexibility index (Phi) is 21.6. The average Bonchev–Trinajstić information content (AvgIpc) is 0.722. The molecule has 0 heterocycles. The zero-order valence-corrected chi connectivity index (χ0v) is 4.51. The molecule has 0 spiro atoms. The Balaban J connectivity index is -0.0000000267. The van der Waals surface area contributed by atoms with Crippen LogP contribution in [0.15, 0.2) is 0 Å². The van der Waals surface area contributed by atoms with Crippen LogP contribution in [-0.2, 0) is 4.57 Å². The van der Waals surface area contributed by atoms with E-state index in [9.17, 15) is 0 Å². The van der Waals surface area contributed by atoms with Crippen LogP contribution in [0, 0.1) is 0 Å². The Labute approximate surface area is 48.9 Å². The summed E-state index contributed by atoms with van der Waals surface area (Å²) in [5.41, 5.74) is 0. The highest BCUT2D eigenvalue weighted by molar-refractivity contribution is 7.45. The zero-order chi connectivity index (χ0) is 4.50. The maximum atomic E-state index is 8.88. The summed E-state index contributed by atoms with van der Waals surface area (Å²) in [6.07, 6.45) is 0. The number of hydrogen-bond acceptors (Lipinski definition) is 3. The van der Waals surface area contributed by atoms with Gasteiger partial charge >= 0.3 is 7.82 Å². The second kappa shape index (κ2) is 7.09. The Morgan fingerprint density at radius 3 is 1.00 bits per heavy atom. The first-order valence-electron chi connectivity index (χ1n) is 0.783. The highest BCUT2D eigenvalue weighted by atomic mass is 31.2. The van der Waals surface area contributed by atoms with Crippen molar-refractivity contribution in [2.24, 2.45) is 0 Å². The lowest BCUT2D eigenvalue weighted by Gasteiger charge is -1.82. The fraction of sp³-hybridized carbons (Fsp3) is 0. The van der Waals surface area contributed by atoms with Gasteiger partial charge in [-0.15, -0.1) is 0 Å². The van der Waals surface area contributed by atoms with E-state index < -0.39 is 7.82 Å². The van der Waals surface area contributed by atoms with E-state index in [-0.39, 0.29) is 20.7 Å². The quantitative estimate of drug-likeness (QED) is 0.201. The van der Waals surface area contributed by atoms with Gasteiger partial charge in [0.25, 0.3) is 0 Å². The third kappa shape index (κ3) is 17600. The molecule has 0 aliphatic heterocycles. The van der Waals surface area contributed by atoms with E-state index in [0.29, 0.717) is 0 Å². The van der Waals surface area contributed by atoms with Crippen LogP contribution < -0.4 is 12.3 Å². The van der Waals surface area contributed by atoms with E-state index >= 15 is 0 Å². The van der Waals surface area contributed by atoms with Crippen LogP contribution in [0.1, 0.15) is 0 Å². The molecule has 0 fully saturated rings. The summed E-state index contributed by atoms with van der Waals surface area (Å²) >= 11 is 0. The van der Waals surface area contributed by atoms with Crippen LogP contribution in [0.25, 0.3) is 0 Å². The SMILES string of the molecule is B.N.N.O=P(O)(O)O. The van der Waals surface area contributed by atoms with Gasteiger partial charge in [0.2, 0.25) is 0 Å². The average molecular weight is 146 g/mol. The van der Waals surface area contributed by atoms with Crippen molar-refractivity contribution in [3.63, 3.8) is 0 Å². The van der Waals surface area contributed by atoms with Gasteiger partial charge in [-0.1, -0.05) is 0 Å². The number of rotatable bonds is 0. The molecule has 0 aliphatic rings. The molecule has 0 bridgehead atoms. The van der Waals surface area contributed by atoms with Crippen molar-refractivity contribution in [2.45, 2.75) is 0 Å². The molecule has 0 aromatic carbocycles. The van der Waals surface area contributed by atoms with Crippen molar-refractivity contribution < 1.29 is 19.2 Å². The molecule has 0 saturated heterocycles. The number of phosphoric acid groups is 1. The first-order chi connectivity index (χ1) is 2.00. The molecule has 0 amide bonds. The van der Waals surface area contributed by atoms with E-state index in [4.69, 9.17) is 19.2 Å². The summed E-state index contributed by atoms with van der Waals surface area (Å²) in [6, 6.07) is 0. The van der Waals surface area contributed by atoms with Crippen LogP contribution in [0.3, 0.4) is 0 Å². The van der Waals surface area contributed by atoms with Crippen LogP contribution in [0.4, 0.5) is 0 Å². The monoisotopic (exact) mass is 146 g/mol. The summed E-state index contributed by atoms with van der Waals surface area (Å²) in [5, 5.41) is 0. The third-order valence-electron chi connectivity index (χ3n) is 0. The minimum absolute atomic E-state index is 0. The second-order valence-corrected chi connectivity index (χ2v) is 1.54. The standard InChI is InChI=1S/BH3.2H3N.H3O4P/c;;;1-5(2,3)4/h3*1H3;(H3,1,2,3,4). The summed E-state index contributed by atoms with van der Waals surface area (Å²) in [7, 11) is -4.64. The van der Waals surface area contributed by atoms with Gasteiger partial charge in [-0.3, -0.25) is 0 Å². The minimum Gasteiger partial charge on any atom is -0.344 e. The minimum atomic E-state index is -4.64. The van der Waals surface area contributed by atoms with E-state index in [1.165, 1.54) is 0 Å². The Hall–Kier alpha value is 0.0949. The fourth-order valence-electron chi connectivity index (χ4n) is 0. The molecular weight excluding hydrogens is 134 g/mol. The Morgan fingerprint density at radius 1 is 1.00 bits per heavy atom. The first kappa shape index (κ1) is 24.3. The van der Waals surface area contributed by atoms with Gasteiger partial charge in [0.05, 0.1) is 8.41 Å². The molecular formula is H12BN2O4P. The summed E-state index contributed by atoms with van der Waals surface area (Å²) in [6.45, 7) is 0. The Morgan fingerprint density at radius 2 is 1.00 bits per heavy atom. The maximum Gasteiger partial charge on any atom is 0.466 e. The summed E-state index contributed by atoms with van der Waals surface area (Å²) < 4.78 is 8.88. The molecule has 0 atom stereocenters. The van der Waals surface area contributed by atoms with Gasteiger partial charge in [-0.25, -0.2) is 4.57 Å². The van der Waals surface area contributed by atoms with Gasteiger partial charge in [0.1, 0.15) is 0 Å². The molecule has 0 aromatic heterocycles. The van der Waals surface area contributed by atoms with Crippen LogP contribution >= 0.6 is 7.82 Å². The van der Waals surface area contributed by atoms with Crippen LogP contribution in [-0.4, -0.2) is 23.1 Å². The van der Waals surface area contributed by atoms with Crippen LogP contribution in [0.2, 0.25) is 0 Å². The third-order valence-corrected chi connectivity index (χ3v) is 0. The summed E-state index contributed by atoms with van der Waals surface area (Å²) in [5.74, 6) is 0. The van der Waals surface area contributed by atoms with Crippen molar-refractivity contribution >= 4 is 16.2 Å². The van der Waals surface area contributed by atoms with E-state index in [1.54, 1.807) is 0 Å². The van der Waals surface area contributed by atoms with Crippen molar-refractivity contribution in [1.82, 2.24) is 12.3 Å². The van der Waals surface area contributed by atoms with Gasteiger partial charge < -0.3 is 27.0 Å². The van der Waals surface area contributed by atoms with E-state index in [0.717, 1.165) is 0 Å². The topological polar surface area (TPSA) is 148 Å². The maximum absolute atomic E-state index is 8.88. The molecule has 0 aliphatic carbocycles. The molecule has 54 valence electrons. The molecule has 0 saturated carbocycles. The summed E-state index contributed by atoms with van der Waals surface area (Å²) in [4.78, 5) is 21.6. The van der Waals surface area contributed by atoms with Gasteiger partial charge in [-0.05, 0) is 0 Å². The van der Waals surface area contributed by atoms with Crippen molar-refractivity contribution in [2.75, 3.05) is 0 Å². The molecule has 0 rings (SSSR count). The predicted octanol–water partition coefficient (Wildman–Crippen LogP) is -1.79. The lowest BCUT2D eigenvalue weighted by molar-refractivity contribution is 0.275. The predicted molar refractivity (Wildman–Crippen MR) is 34.2 cm³/mol. The molecule has 9 N–H and O–H groups in total. The molecule has 0 aromatic rings. The van der Waals surface area contributed by atoms with Gasteiger partial charge in [0, 0.05) is 0 Å². The highest BCUT2D eigenvalue weighted by Gasteiger charge is 2.00. The van der Waals surface area contributed by atoms with E-state index in [1.807, 2.05) is 0 Å². The van der Waals surface area contributed by atoms with Crippen LogP contribution in [0.5, 0.6) is 0 Å². The van der Waals surface area contributed by atoms with Crippen molar-refractivity contribution in [1.29, 1.82) is 0 Å². The highest BCUT2D eigenvalue weighted by Crippen LogP contribution is 2.25. The fourth-order valence-corrected chi connectivity index (χ4v) is 0. The number of hydrogen-bond donors (Lipinski definition) is 5. The lowest BCUT2D eigenvalue weighted by atomic mass is 10.8. The van der Waals surface area contributed by atoms with Crippen molar-refractivity contribution in [3.8, 4) is 0 Å².